The highest BCUT2D eigenvalue weighted by Gasteiger charge is 2.25. The molecule has 0 bridgehead atoms. The second kappa shape index (κ2) is 3.91. The minimum atomic E-state index is 0.268. The molecule has 0 aromatic rings. The van der Waals surface area contributed by atoms with Gasteiger partial charge in [0.25, 0.3) is 0 Å². The van der Waals surface area contributed by atoms with E-state index in [4.69, 9.17) is 0 Å². The largest absolute Gasteiger partial charge is 0.103 e. The monoisotopic (exact) mass is 196 g/mol. The van der Waals surface area contributed by atoms with Gasteiger partial charge in [-0.15, -0.1) is 11.8 Å². The van der Waals surface area contributed by atoms with Gasteiger partial charge >= 0.3 is 0 Å². The van der Waals surface area contributed by atoms with Gasteiger partial charge in [0.2, 0.25) is 0 Å². The van der Waals surface area contributed by atoms with Gasteiger partial charge in [0.05, 0.1) is 0 Å². The molecule has 1 rings (SSSR count). The van der Waals surface area contributed by atoms with E-state index in [1.54, 1.807) is 10.5 Å². The zero-order valence-corrected chi connectivity index (χ0v) is 10.2. The maximum Gasteiger partial charge on any atom is 0.00508 e. The quantitative estimate of drug-likeness (QED) is 0.622. The molecule has 1 aliphatic rings. The Morgan fingerprint density at radius 1 is 1.46 bits per heavy atom. The van der Waals surface area contributed by atoms with Crippen LogP contribution in [0.4, 0.5) is 0 Å². The van der Waals surface area contributed by atoms with Crippen LogP contribution < -0.4 is 0 Å². The second-order valence-corrected chi connectivity index (χ2v) is 5.39. The lowest BCUT2D eigenvalue weighted by Gasteiger charge is -2.30. The van der Waals surface area contributed by atoms with Gasteiger partial charge in [0, 0.05) is 5.41 Å². The molecule has 1 atom stereocenters. The van der Waals surface area contributed by atoms with Gasteiger partial charge in [0.1, 0.15) is 0 Å². The summed E-state index contributed by atoms with van der Waals surface area (Å²) in [6.45, 7) is 11.4. The van der Waals surface area contributed by atoms with Gasteiger partial charge in [-0.25, -0.2) is 0 Å². The molecule has 13 heavy (non-hydrogen) atoms. The third kappa shape index (κ3) is 2.19. The fourth-order valence-corrected chi connectivity index (χ4v) is 2.87. The van der Waals surface area contributed by atoms with Crippen LogP contribution in [-0.2, 0) is 0 Å². The fraction of sp³-hybridized carbons (Fsp3) is 0.667. The van der Waals surface area contributed by atoms with Crippen molar-refractivity contribution in [3.8, 4) is 0 Å². The lowest BCUT2D eigenvalue weighted by Crippen LogP contribution is -2.15. The maximum atomic E-state index is 2.32. The average molecular weight is 196 g/mol. The van der Waals surface area contributed by atoms with Gasteiger partial charge in [-0.05, 0) is 29.6 Å². The van der Waals surface area contributed by atoms with Gasteiger partial charge in [0.15, 0.2) is 0 Å². The SMILES string of the molecule is CC[C@H](C)C1=C(C)C(C)(C)C=CS1. The Labute approximate surface area is 86.5 Å². The summed E-state index contributed by atoms with van der Waals surface area (Å²) < 4.78 is 0. The molecule has 0 amide bonds. The molecule has 0 spiro atoms. The number of hydrogen-bond donors (Lipinski definition) is 0. The fourth-order valence-electron chi connectivity index (χ4n) is 1.48. The van der Waals surface area contributed by atoms with Crippen molar-refractivity contribution < 1.29 is 0 Å². The molecule has 0 unspecified atom stereocenters. The van der Waals surface area contributed by atoms with E-state index < -0.39 is 0 Å². The third-order valence-electron chi connectivity index (χ3n) is 3.08. The van der Waals surface area contributed by atoms with Crippen molar-refractivity contribution in [2.45, 2.75) is 41.0 Å². The van der Waals surface area contributed by atoms with Crippen molar-refractivity contribution in [3.63, 3.8) is 0 Å². The lowest BCUT2D eigenvalue weighted by atomic mass is 9.83. The van der Waals surface area contributed by atoms with Crippen LogP contribution in [0.2, 0.25) is 0 Å². The molecule has 0 radical (unpaired) electrons. The Balaban J connectivity index is 2.96. The summed E-state index contributed by atoms with van der Waals surface area (Å²) in [6, 6.07) is 0. The highest BCUT2D eigenvalue weighted by Crippen LogP contribution is 2.43. The number of thioether (sulfide) groups is 1. The Morgan fingerprint density at radius 3 is 2.62 bits per heavy atom. The Bertz CT molecular complexity index is 246. The molecule has 0 aromatic heterocycles. The number of allylic oxidation sites excluding steroid dienone is 3. The zero-order valence-electron chi connectivity index (χ0n) is 9.35. The van der Waals surface area contributed by atoms with E-state index >= 15 is 0 Å². The van der Waals surface area contributed by atoms with E-state index in [2.05, 4.69) is 46.1 Å². The summed E-state index contributed by atoms with van der Waals surface area (Å²) in [7, 11) is 0. The summed E-state index contributed by atoms with van der Waals surface area (Å²) in [5.74, 6) is 0.717. The lowest BCUT2D eigenvalue weighted by molar-refractivity contribution is 0.556. The van der Waals surface area contributed by atoms with E-state index in [1.165, 1.54) is 6.42 Å². The first-order valence-corrected chi connectivity index (χ1v) is 5.92. The molecule has 0 aromatic carbocycles. The first-order valence-electron chi connectivity index (χ1n) is 5.04. The van der Waals surface area contributed by atoms with E-state index in [9.17, 15) is 0 Å². The molecule has 1 heterocycles. The Kier molecular flexibility index (Phi) is 3.28. The van der Waals surface area contributed by atoms with Crippen molar-refractivity contribution in [2.24, 2.45) is 11.3 Å². The first-order chi connectivity index (χ1) is 5.99. The first kappa shape index (κ1) is 10.9. The van der Waals surface area contributed by atoms with Crippen molar-refractivity contribution in [1.29, 1.82) is 0 Å². The molecular weight excluding hydrogens is 176 g/mol. The van der Waals surface area contributed by atoms with E-state index in [0.29, 0.717) is 5.92 Å². The maximum absolute atomic E-state index is 2.32. The summed E-state index contributed by atoms with van der Waals surface area (Å²) in [4.78, 5) is 1.58. The van der Waals surface area contributed by atoms with Gasteiger partial charge < -0.3 is 0 Å². The third-order valence-corrected chi connectivity index (χ3v) is 4.31. The van der Waals surface area contributed by atoms with Gasteiger partial charge in [-0.3, -0.25) is 0 Å². The molecule has 1 aliphatic heterocycles. The van der Waals surface area contributed by atoms with Crippen LogP contribution in [0.15, 0.2) is 22.0 Å². The summed E-state index contributed by atoms with van der Waals surface area (Å²) in [6.07, 6.45) is 3.54. The second-order valence-electron chi connectivity index (χ2n) is 4.44. The van der Waals surface area contributed by atoms with Crippen molar-refractivity contribution in [1.82, 2.24) is 0 Å². The molecule has 0 aliphatic carbocycles. The molecule has 0 N–H and O–H groups in total. The predicted molar refractivity (Wildman–Crippen MR) is 62.7 cm³/mol. The van der Waals surface area contributed by atoms with Crippen molar-refractivity contribution in [3.05, 3.63) is 22.0 Å². The van der Waals surface area contributed by atoms with Crippen LogP contribution in [0.1, 0.15) is 41.0 Å². The Morgan fingerprint density at radius 2 is 2.08 bits per heavy atom. The molecule has 0 saturated carbocycles. The smallest absolute Gasteiger partial charge is 0.00508 e. The van der Waals surface area contributed by atoms with E-state index in [-0.39, 0.29) is 5.41 Å². The molecule has 74 valence electrons. The highest BCUT2D eigenvalue weighted by atomic mass is 32.2. The zero-order chi connectivity index (χ0) is 10.1. The summed E-state index contributed by atoms with van der Waals surface area (Å²) in [5, 5.41) is 2.24. The molecule has 0 saturated heterocycles. The van der Waals surface area contributed by atoms with E-state index in [1.807, 2.05) is 11.8 Å². The highest BCUT2D eigenvalue weighted by molar-refractivity contribution is 8.05. The molecular formula is C12H20S. The Hall–Kier alpha value is -0.170. The van der Waals surface area contributed by atoms with Crippen LogP contribution in [-0.4, -0.2) is 0 Å². The average Bonchev–Trinajstić information content (AvgIpc) is 2.08. The van der Waals surface area contributed by atoms with Crippen LogP contribution in [0.3, 0.4) is 0 Å². The molecule has 1 heteroatoms. The molecule has 0 nitrogen and oxygen atoms in total. The normalized spacial score (nSPS) is 23.5. The summed E-state index contributed by atoms with van der Waals surface area (Å²) in [5.41, 5.74) is 1.82. The minimum Gasteiger partial charge on any atom is -0.103 e. The number of hydrogen-bond acceptors (Lipinski definition) is 1. The van der Waals surface area contributed by atoms with Gasteiger partial charge in [-0.2, -0.15) is 0 Å². The predicted octanol–water partition coefficient (Wildman–Crippen LogP) is 4.59. The van der Waals surface area contributed by atoms with Crippen LogP contribution in [0.5, 0.6) is 0 Å². The standard InChI is InChI=1S/C12H20S/c1-6-9(2)11-10(3)12(4,5)7-8-13-11/h7-9H,6H2,1-5H3/t9-/m0/s1. The van der Waals surface area contributed by atoms with Crippen molar-refractivity contribution in [2.75, 3.05) is 0 Å². The van der Waals surface area contributed by atoms with Crippen LogP contribution >= 0.6 is 11.8 Å². The van der Waals surface area contributed by atoms with Crippen LogP contribution in [0, 0.1) is 11.3 Å². The molecule has 0 fully saturated rings. The van der Waals surface area contributed by atoms with E-state index in [0.717, 1.165) is 0 Å². The minimum absolute atomic E-state index is 0.268. The van der Waals surface area contributed by atoms with Crippen LogP contribution in [0.25, 0.3) is 0 Å². The summed E-state index contributed by atoms with van der Waals surface area (Å²) >= 11 is 1.91. The van der Waals surface area contributed by atoms with Gasteiger partial charge in [-0.1, -0.05) is 39.3 Å². The topological polar surface area (TPSA) is 0 Å². The number of rotatable bonds is 2. The van der Waals surface area contributed by atoms with Crippen molar-refractivity contribution >= 4 is 11.8 Å².